The summed E-state index contributed by atoms with van der Waals surface area (Å²) in [4.78, 5) is 44.1. The smallest absolute Gasteiger partial charge is 0.408 e. The third kappa shape index (κ3) is 6.33. The first-order chi connectivity index (χ1) is 17.3. The molecule has 1 aliphatic rings. The largest absolute Gasteiger partial charge is 0.464 e. The summed E-state index contributed by atoms with van der Waals surface area (Å²) < 4.78 is 10.6. The molecule has 1 fully saturated rings. The maximum absolute atomic E-state index is 13.9. The molecule has 2 aromatic rings. The van der Waals surface area contributed by atoms with Crippen molar-refractivity contribution in [2.24, 2.45) is 0 Å². The summed E-state index contributed by atoms with van der Waals surface area (Å²) in [5.74, 6) is -1.16. The molecular weight excluding hydrogens is 474 g/mol. The maximum atomic E-state index is 13.9. The van der Waals surface area contributed by atoms with Crippen molar-refractivity contribution in [3.63, 3.8) is 0 Å². The van der Waals surface area contributed by atoms with Crippen molar-refractivity contribution in [3.05, 3.63) is 48.2 Å². The SMILES string of the molecule is C=CC(C)(C)c1[nH]c2ccccc2c1C[C@H](NC(=O)OC(C)(C)C)C(=O)N1CC[C@@H](O)[C@H]1C(=O)OCC. The van der Waals surface area contributed by atoms with E-state index in [1.165, 1.54) is 4.90 Å². The summed E-state index contributed by atoms with van der Waals surface area (Å²) in [6.45, 7) is 15.2. The molecule has 2 amide bonds. The third-order valence-corrected chi connectivity index (χ3v) is 6.54. The number of carbonyl (C=O) groups is 3. The van der Waals surface area contributed by atoms with Crippen LogP contribution in [0.5, 0.6) is 0 Å². The van der Waals surface area contributed by atoms with Gasteiger partial charge in [0.05, 0.1) is 12.7 Å². The molecule has 0 unspecified atom stereocenters. The molecule has 0 saturated carbocycles. The van der Waals surface area contributed by atoms with Crippen LogP contribution >= 0.6 is 0 Å². The van der Waals surface area contributed by atoms with Crippen LogP contribution in [0.25, 0.3) is 10.9 Å². The molecule has 37 heavy (non-hydrogen) atoms. The maximum Gasteiger partial charge on any atom is 0.408 e. The molecule has 1 saturated heterocycles. The van der Waals surface area contributed by atoms with Gasteiger partial charge in [0.25, 0.3) is 0 Å². The predicted octanol–water partition coefficient (Wildman–Crippen LogP) is 3.59. The molecule has 3 atom stereocenters. The fraction of sp³-hybridized carbons (Fsp3) is 0.536. The summed E-state index contributed by atoms with van der Waals surface area (Å²) in [5.41, 5.74) is 1.39. The van der Waals surface area contributed by atoms with Crippen LogP contribution in [-0.4, -0.2) is 69.9 Å². The van der Waals surface area contributed by atoms with Crippen LogP contribution < -0.4 is 5.32 Å². The standard InChI is InChI=1S/C28H39N3O6/c1-8-28(6,7)23-18(17-12-10-11-13-19(17)29-23)16-20(30-26(35)37-27(3,4)5)24(33)31-15-14-21(32)22(31)25(34)36-9-2/h8,10-13,20-22,29,32H,1,9,14-16H2,2-7H3,(H,30,35)/t20-,21+,22-/m0/s1. The Kier molecular flexibility index (Phi) is 8.37. The monoisotopic (exact) mass is 513 g/mol. The van der Waals surface area contributed by atoms with Gasteiger partial charge in [-0.2, -0.15) is 0 Å². The second-order valence-corrected chi connectivity index (χ2v) is 10.9. The molecule has 9 nitrogen and oxygen atoms in total. The second kappa shape index (κ2) is 11.0. The number of aliphatic hydroxyl groups excluding tert-OH is 1. The van der Waals surface area contributed by atoms with Gasteiger partial charge in [0.1, 0.15) is 11.6 Å². The van der Waals surface area contributed by atoms with Gasteiger partial charge < -0.3 is 29.8 Å². The number of rotatable bonds is 8. The van der Waals surface area contributed by atoms with E-state index in [2.05, 4.69) is 16.9 Å². The number of likely N-dealkylation sites (tertiary alicyclic amines) is 1. The minimum atomic E-state index is -1.14. The lowest BCUT2D eigenvalue weighted by Crippen LogP contribution is -2.55. The summed E-state index contributed by atoms with van der Waals surface area (Å²) >= 11 is 0. The normalized spacial score (nSPS) is 18.9. The van der Waals surface area contributed by atoms with Gasteiger partial charge in [-0.1, -0.05) is 38.1 Å². The van der Waals surface area contributed by atoms with Crippen molar-refractivity contribution in [2.45, 2.75) is 83.6 Å². The van der Waals surface area contributed by atoms with E-state index in [1.807, 2.05) is 44.2 Å². The average Bonchev–Trinajstić information content (AvgIpc) is 3.38. The Labute approximate surface area is 218 Å². The lowest BCUT2D eigenvalue weighted by atomic mass is 9.85. The minimum Gasteiger partial charge on any atom is -0.464 e. The number of nitrogens with zero attached hydrogens (tertiary/aromatic N) is 1. The zero-order valence-electron chi connectivity index (χ0n) is 22.6. The van der Waals surface area contributed by atoms with E-state index < -0.39 is 47.2 Å². The van der Waals surface area contributed by atoms with Gasteiger partial charge in [-0.15, -0.1) is 6.58 Å². The minimum absolute atomic E-state index is 0.124. The number of para-hydroxylation sites is 1. The number of aromatic nitrogens is 1. The number of esters is 1. The Morgan fingerprint density at radius 1 is 1.24 bits per heavy atom. The Balaban J connectivity index is 2.05. The van der Waals surface area contributed by atoms with Crippen molar-refractivity contribution >= 4 is 28.9 Å². The van der Waals surface area contributed by atoms with E-state index in [0.717, 1.165) is 22.2 Å². The number of allylic oxidation sites excluding steroid dienone is 1. The lowest BCUT2D eigenvalue weighted by molar-refractivity contribution is -0.156. The average molecular weight is 514 g/mol. The number of H-pyrrole nitrogens is 1. The number of aliphatic hydroxyl groups is 1. The number of carbonyl (C=O) groups excluding carboxylic acids is 3. The van der Waals surface area contributed by atoms with Gasteiger partial charge in [0.15, 0.2) is 6.04 Å². The van der Waals surface area contributed by atoms with Crippen LogP contribution in [0.3, 0.4) is 0 Å². The van der Waals surface area contributed by atoms with Gasteiger partial charge in [-0.3, -0.25) is 4.79 Å². The quantitative estimate of drug-likeness (QED) is 0.366. The molecule has 1 aromatic heterocycles. The second-order valence-electron chi connectivity index (χ2n) is 10.9. The highest BCUT2D eigenvalue weighted by Crippen LogP contribution is 2.34. The number of fused-ring (bicyclic) bond motifs is 1. The fourth-order valence-electron chi connectivity index (χ4n) is 4.65. The van der Waals surface area contributed by atoms with E-state index in [9.17, 15) is 19.5 Å². The van der Waals surface area contributed by atoms with Crippen LogP contribution in [0.2, 0.25) is 0 Å². The molecule has 9 heteroatoms. The number of hydrogen-bond donors (Lipinski definition) is 3. The molecule has 3 N–H and O–H groups in total. The number of aromatic amines is 1. The van der Waals surface area contributed by atoms with E-state index in [1.54, 1.807) is 27.7 Å². The van der Waals surface area contributed by atoms with Gasteiger partial charge in [-0.25, -0.2) is 9.59 Å². The first kappa shape index (κ1) is 28.2. The molecular formula is C28H39N3O6. The van der Waals surface area contributed by atoms with E-state index in [4.69, 9.17) is 9.47 Å². The molecule has 1 aliphatic heterocycles. The van der Waals surface area contributed by atoms with Gasteiger partial charge in [0.2, 0.25) is 5.91 Å². The Bertz CT molecular complexity index is 1160. The van der Waals surface area contributed by atoms with Crippen molar-refractivity contribution in [1.29, 1.82) is 0 Å². The first-order valence-corrected chi connectivity index (χ1v) is 12.7. The van der Waals surface area contributed by atoms with Gasteiger partial charge >= 0.3 is 12.1 Å². The highest BCUT2D eigenvalue weighted by atomic mass is 16.6. The molecule has 0 radical (unpaired) electrons. The van der Waals surface area contributed by atoms with Crippen LogP contribution in [0.15, 0.2) is 36.9 Å². The summed E-state index contributed by atoms with van der Waals surface area (Å²) in [6.07, 6.45) is 0.399. The van der Waals surface area contributed by atoms with Crippen LogP contribution in [0.1, 0.15) is 59.2 Å². The van der Waals surface area contributed by atoms with E-state index >= 15 is 0 Å². The zero-order valence-corrected chi connectivity index (χ0v) is 22.6. The Morgan fingerprint density at radius 3 is 2.54 bits per heavy atom. The van der Waals surface area contributed by atoms with Crippen molar-refractivity contribution in [1.82, 2.24) is 15.2 Å². The number of ether oxygens (including phenoxy) is 2. The summed E-state index contributed by atoms with van der Waals surface area (Å²) in [6, 6.07) is 5.55. The molecule has 3 rings (SSSR count). The van der Waals surface area contributed by atoms with Gasteiger partial charge in [0, 0.05) is 35.0 Å². The van der Waals surface area contributed by atoms with Crippen molar-refractivity contribution in [3.8, 4) is 0 Å². The number of alkyl carbamates (subject to hydrolysis) is 1. The Morgan fingerprint density at radius 2 is 1.92 bits per heavy atom. The van der Waals surface area contributed by atoms with Crippen molar-refractivity contribution in [2.75, 3.05) is 13.2 Å². The number of amides is 2. The first-order valence-electron chi connectivity index (χ1n) is 12.7. The topological polar surface area (TPSA) is 121 Å². The van der Waals surface area contributed by atoms with Crippen LogP contribution in [0.4, 0.5) is 4.79 Å². The predicted molar refractivity (Wildman–Crippen MR) is 141 cm³/mol. The Hall–Kier alpha value is -3.33. The molecule has 0 spiro atoms. The lowest BCUT2D eigenvalue weighted by Gasteiger charge is -2.30. The fourth-order valence-corrected chi connectivity index (χ4v) is 4.65. The highest BCUT2D eigenvalue weighted by Gasteiger charge is 2.44. The number of nitrogens with one attached hydrogen (secondary N) is 2. The molecule has 0 aliphatic carbocycles. The highest BCUT2D eigenvalue weighted by molar-refractivity contribution is 5.92. The van der Waals surface area contributed by atoms with E-state index in [0.29, 0.717) is 0 Å². The molecule has 0 bridgehead atoms. The van der Waals surface area contributed by atoms with E-state index in [-0.39, 0.29) is 26.0 Å². The molecule has 2 heterocycles. The zero-order chi connectivity index (χ0) is 27.5. The number of hydrogen-bond acceptors (Lipinski definition) is 6. The molecule has 202 valence electrons. The molecule has 1 aromatic carbocycles. The summed E-state index contributed by atoms with van der Waals surface area (Å²) in [7, 11) is 0. The number of benzene rings is 1. The van der Waals surface area contributed by atoms with Crippen LogP contribution in [0, 0.1) is 0 Å². The van der Waals surface area contributed by atoms with Crippen LogP contribution in [-0.2, 0) is 30.9 Å². The third-order valence-electron chi connectivity index (χ3n) is 6.54. The summed E-state index contributed by atoms with van der Waals surface area (Å²) in [5, 5.41) is 14.1. The van der Waals surface area contributed by atoms with Gasteiger partial charge in [-0.05, 0) is 45.7 Å². The van der Waals surface area contributed by atoms with Crippen molar-refractivity contribution < 1.29 is 29.0 Å².